The van der Waals surface area contributed by atoms with Crippen molar-refractivity contribution in [3.05, 3.63) is 59.0 Å². The number of nitrogens with one attached hydrogen (secondary N) is 2. The average molecular weight is 286 g/mol. The van der Waals surface area contributed by atoms with Gasteiger partial charge in [0.05, 0.1) is 16.8 Å². The van der Waals surface area contributed by atoms with Crippen LogP contribution in [0.15, 0.2) is 42.7 Å². The number of aryl methyl sites for hydroxylation is 1. The van der Waals surface area contributed by atoms with Gasteiger partial charge in [-0.05, 0) is 30.7 Å². The molecule has 0 bridgehead atoms. The van der Waals surface area contributed by atoms with Gasteiger partial charge in [-0.3, -0.25) is 4.79 Å². The van der Waals surface area contributed by atoms with Crippen molar-refractivity contribution >= 4 is 34.1 Å². The molecule has 3 rings (SSSR count). The monoisotopic (exact) mass is 285 g/mol. The molecule has 0 unspecified atom stereocenters. The van der Waals surface area contributed by atoms with Crippen LogP contribution in [-0.2, 0) is 0 Å². The second kappa shape index (κ2) is 4.98. The van der Waals surface area contributed by atoms with Crippen LogP contribution in [-0.4, -0.2) is 15.9 Å². The molecule has 2 heterocycles. The number of H-pyrrole nitrogens is 1. The van der Waals surface area contributed by atoms with Gasteiger partial charge in [-0.25, -0.2) is 4.98 Å². The normalized spacial score (nSPS) is 10.7. The Labute approximate surface area is 120 Å². The Hall–Kier alpha value is -2.33. The number of amides is 1. The molecule has 0 radical (unpaired) electrons. The first kappa shape index (κ1) is 12.7. The number of rotatable bonds is 2. The maximum absolute atomic E-state index is 12.4. The average Bonchev–Trinajstić information content (AvgIpc) is 2.91. The van der Waals surface area contributed by atoms with Crippen molar-refractivity contribution in [3.63, 3.8) is 0 Å². The van der Waals surface area contributed by atoms with E-state index in [2.05, 4.69) is 15.3 Å². The number of aromatic amines is 1. The lowest BCUT2D eigenvalue weighted by Gasteiger charge is -2.08. The summed E-state index contributed by atoms with van der Waals surface area (Å²) in [6.07, 6.45) is 3.46. The summed E-state index contributed by atoms with van der Waals surface area (Å²) >= 11 is 5.99. The van der Waals surface area contributed by atoms with Crippen molar-refractivity contribution in [1.29, 1.82) is 0 Å². The second-order valence-electron chi connectivity index (χ2n) is 4.55. The molecule has 4 nitrogen and oxygen atoms in total. The minimum absolute atomic E-state index is 0.215. The number of carbonyl (C=O) groups excluding carboxylic acids is 1. The molecule has 2 N–H and O–H groups in total. The molecule has 100 valence electrons. The van der Waals surface area contributed by atoms with E-state index in [1.165, 1.54) is 0 Å². The molecule has 3 aromatic rings. The Morgan fingerprint density at radius 1 is 1.35 bits per heavy atom. The summed E-state index contributed by atoms with van der Waals surface area (Å²) in [6, 6.07) is 9.28. The van der Waals surface area contributed by atoms with E-state index in [-0.39, 0.29) is 11.1 Å². The number of fused-ring (bicyclic) bond motifs is 1. The topological polar surface area (TPSA) is 57.8 Å². The zero-order valence-corrected chi connectivity index (χ0v) is 11.5. The number of hydrogen-bond donors (Lipinski definition) is 2. The van der Waals surface area contributed by atoms with Crippen LogP contribution in [0.1, 0.15) is 15.9 Å². The van der Waals surface area contributed by atoms with Crippen LogP contribution in [0.25, 0.3) is 10.9 Å². The lowest BCUT2D eigenvalue weighted by atomic mass is 10.1. The van der Waals surface area contributed by atoms with Gasteiger partial charge in [0.2, 0.25) is 0 Å². The van der Waals surface area contributed by atoms with Gasteiger partial charge in [0.1, 0.15) is 0 Å². The number of pyridine rings is 1. The van der Waals surface area contributed by atoms with Gasteiger partial charge in [-0.2, -0.15) is 0 Å². The summed E-state index contributed by atoms with van der Waals surface area (Å²) in [5, 5.41) is 4.07. The molecule has 0 aliphatic heterocycles. The number of nitrogens with zero attached hydrogens (tertiary/aromatic N) is 1. The van der Waals surface area contributed by atoms with Crippen LogP contribution in [0.5, 0.6) is 0 Å². The fourth-order valence-electron chi connectivity index (χ4n) is 2.10. The van der Waals surface area contributed by atoms with E-state index in [1.54, 1.807) is 18.3 Å². The predicted molar refractivity (Wildman–Crippen MR) is 80.2 cm³/mol. The molecule has 0 atom stereocenters. The summed E-state index contributed by atoms with van der Waals surface area (Å²) in [4.78, 5) is 19.5. The number of carbonyl (C=O) groups is 1. The molecular weight excluding hydrogens is 274 g/mol. The molecule has 2 aromatic heterocycles. The molecule has 1 aromatic carbocycles. The zero-order chi connectivity index (χ0) is 14.1. The van der Waals surface area contributed by atoms with Crippen molar-refractivity contribution in [2.45, 2.75) is 6.92 Å². The van der Waals surface area contributed by atoms with E-state index in [0.717, 1.165) is 16.5 Å². The summed E-state index contributed by atoms with van der Waals surface area (Å²) in [7, 11) is 0. The highest BCUT2D eigenvalue weighted by Crippen LogP contribution is 2.22. The molecule has 1 amide bonds. The quantitative estimate of drug-likeness (QED) is 0.704. The van der Waals surface area contributed by atoms with Crippen LogP contribution in [0.4, 0.5) is 5.69 Å². The minimum atomic E-state index is -0.215. The van der Waals surface area contributed by atoms with Crippen molar-refractivity contribution in [1.82, 2.24) is 9.97 Å². The van der Waals surface area contributed by atoms with Gasteiger partial charge >= 0.3 is 0 Å². The lowest BCUT2D eigenvalue weighted by molar-refractivity contribution is 0.102. The van der Waals surface area contributed by atoms with Crippen LogP contribution in [0, 0.1) is 6.92 Å². The third-order valence-corrected chi connectivity index (χ3v) is 3.36. The van der Waals surface area contributed by atoms with E-state index >= 15 is 0 Å². The van der Waals surface area contributed by atoms with Gasteiger partial charge < -0.3 is 10.3 Å². The third kappa shape index (κ3) is 2.26. The fraction of sp³-hybridized carbons (Fsp3) is 0.0667. The molecule has 0 spiro atoms. The number of aromatic nitrogens is 2. The standard InChI is InChI=1S/C15H12ClN3O/c1-9-7-12(14(16)18-8-9)19-15(20)11-4-2-3-10-5-6-17-13(10)11/h2-8,17H,1H3,(H,19,20). The summed E-state index contributed by atoms with van der Waals surface area (Å²) < 4.78 is 0. The van der Waals surface area contributed by atoms with E-state index in [1.807, 2.05) is 31.3 Å². The maximum Gasteiger partial charge on any atom is 0.257 e. The van der Waals surface area contributed by atoms with Crippen LogP contribution < -0.4 is 5.32 Å². The van der Waals surface area contributed by atoms with Crippen LogP contribution in [0.2, 0.25) is 5.15 Å². The Balaban J connectivity index is 1.97. The smallest absolute Gasteiger partial charge is 0.257 e. The molecule has 0 fully saturated rings. The highest BCUT2D eigenvalue weighted by molar-refractivity contribution is 6.32. The van der Waals surface area contributed by atoms with Gasteiger partial charge in [-0.1, -0.05) is 23.7 Å². The SMILES string of the molecule is Cc1cnc(Cl)c(NC(=O)c2cccc3cc[nH]c23)c1. The van der Waals surface area contributed by atoms with Crippen molar-refractivity contribution < 1.29 is 4.79 Å². The van der Waals surface area contributed by atoms with Gasteiger partial charge in [-0.15, -0.1) is 0 Å². The van der Waals surface area contributed by atoms with E-state index in [9.17, 15) is 4.79 Å². The number of hydrogen-bond acceptors (Lipinski definition) is 2. The van der Waals surface area contributed by atoms with Crippen LogP contribution in [0.3, 0.4) is 0 Å². The lowest BCUT2D eigenvalue weighted by Crippen LogP contribution is -2.13. The maximum atomic E-state index is 12.4. The Bertz CT molecular complexity index is 795. The number of benzene rings is 1. The van der Waals surface area contributed by atoms with E-state index in [0.29, 0.717) is 11.3 Å². The van der Waals surface area contributed by atoms with Crippen LogP contribution >= 0.6 is 11.6 Å². The summed E-state index contributed by atoms with van der Waals surface area (Å²) in [6.45, 7) is 1.89. The first-order valence-electron chi connectivity index (χ1n) is 6.15. The van der Waals surface area contributed by atoms with Gasteiger partial charge in [0, 0.05) is 17.8 Å². The fourth-order valence-corrected chi connectivity index (χ4v) is 2.25. The van der Waals surface area contributed by atoms with Gasteiger partial charge in [0.25, 0.3) is 5.91 Å². The molecule has 20 heavy (non-hydrogen) atoms. The first-order chi connectivity index (χ1) is 9.65. The van der Waals surface area contributed by atoms with E-state index in [4.69, 9.17) is 11.6 Å². The predicted octanol–water partition coefficient (Wildman–Crippen LogP) is 3.78. The Morgan fingerprint density at radius 3 is 3.05 bits per heavy atom. The molecule has 5 heteroatoms. The number of anilines is 1. The first-order valence-corrected chi connectivity index (χ1v) is 6.52. The van der Waals surface area contributed by atoms with Crippen molar-refractivity contribution in [2.75, 3.05) is 5.32 Å². The number of halogens is 1. The summed E-state index contributed by atoms with van der Waals surface area (Å²) in [5.74, 6) is -0.215. The van der Waals surface area contributed by atoms with Gasteiger partial charge in [0.15, 0.2) is 5.15 Å². The minimum Gasteiger partial charge on any atom is -0.361 e. The van der Waals surface area contributed by atoms with Crippen molar-refractivity contribution in [2.24, 2.45) is 0 Å². The summed E-state index contributed by atoms with van der Waals surface area (Å²) in [5.41, 5.74) is 2.83. The largest absolute Gasteiger partial charge is 0.361 e. The molecule has 0 saturated heterocycles. The second-order valence-corrected chi connectivity index (χ2v) is 4.91. The molecular formula is C15H12ClN3O. The van der Waals surface area contributed by atoms with Crippen molar-refractivity contribution in [3.8, 4) is 0 Å². The molecule has 0 aliphatic carbocycles. The third-order valence-electron chi connectivity index (χ3n) is 3.06. The zero-order valence-electron chi connectivity index (χ0n) is 10.8. The Kier molecular flexibility index (Phi) is 3.16. The number of para-hydroxylation sites is 1. The molecule has 0 saturated carbocycles. The highest BCUT2D eigenvalue weighted by atomic mass is 35.5. The van der Waals surface area contributed by atoms with E-state index < -0.39 is 0 Å². The molecule has 0 aliphatic rings. The Morgan fingerprint density at radius 2 is 2.20 bits per heavy atom. The highest BCUT2D eigenvalue weighted by Gasteiger charge is 2.13.